The topological polar surface area (TPSA) is 37.0 Å². The summed E-state index contributed by atoms with van der Waals surface area (Å²) in [5.74, 6) is 0.317. The van der Waals surface area contributed by atoms with Crippen LogP contribution in [0.15, 0.2) is 65.5 Å². The Kier molecular flexibility index (Phi) is 2.61. The van der Waals surface area contributed by atoms with Gasteiger partial charge < -0.3 is 9.83 Å². The number of rotatable bonds is 4. The molecule has 2 nitrogen and oxygen atoms in total. The SMILES string of the molecule is [2H]C=C([2H])/C([2H])=C(/[2H])C(=N)c1ccc2c(c1)oc1c(C(C)C)cccc12. The fourth-order valence-corrected chi connectivity index (χ4v) is 2.60. The number of fused-ring (bicyclic) bond motifs is 3. The molecule has 3 rings (SSSR count). The maximum absolute atomic E-state index is 8.18. The summed E-state index contributed by atoms with van der Waals surface area (Å²) in [7, 11) is 0. The zero-order valence-electron chi connectivity index (χ0n) is 16.5. The maximum atomic E-state index is 8.18. The minimum atomic E-state index is -0.447. The number of allylic oxidation sites excluding steroid dienone is 3. The van der Waals surface area contributed by atoms with Crippen LogP contribution in [0, 0.1) is 5.41 Å². The Morgan fingerprint density at radius 2 is 2.18 bits per heavy atom. The van der Waals surface area contributed by atoms with E-state index in [1.165, 1.54) is 0 Å². The molecule has 2 aromatic carbocycles. The zero-order chi connectivity index (χ0) is 19.0. The first-order valence-corrected chi connectivity index (χ1v) is 7.12. The lowest BCUT2D eigenvalue weighted by Gasteiger charge is -2.04. The van der Waals surface area contributed by atoms with Gasteiger partial charge in [0.25, 0.3) is 0 Å². The summed E-state index contributed by atoms with van der Waals surface area (Å²) in [4.78, 5) is 0. The number of para-hydroxylation sites is 1. The Morgan fingerprint density at radius 3 is 2.95 bits per heavy atom. The van der Waals surface area contributed by atoms with Gasteiger partial charge in [0, 0.05) is 16.3 Å². The summed E-state index contributed by atoms with van der Waals surface area (Å²) in [5.41, 5.74) is 2.83. The molecule has 110 valence electrons. The Hall–Kier alpha value is -2.61. The number of hydrogen-bond donors (Lipinski definition) is 1. The highest BCUT2D eigenvalue weighted by atomic mass is 16.3. The van der Waals surface area contributed by atoms with Gasteiger partial charge in [0.05, 0.1) is 11.2 Å². The molecule has 0 spiro atoms. The number of nitrogens with one attached hydrogen (secondary N) is 1. The van der Waals surface area contributed by atoms with E-state index >= 15 is 0 Å². The molecule has 22 heavy (non-hydrogen) atoms. The van der Waals surface area contributed by atoms with Crippen molar-refractivity contribution in [1.82, 2.24) is 0 Å². The molecule has 3 aromatic rings. The highest BCUT2D eigenvalue weighted by Gasteiger charge is 2.13. The second-order valence-corrected chi connectivity index (χ2v) is 5.46. The lowest BCUT2D eigenvalue weighted by Crippen LogP contribution is -1.92. The number of benzene rings is 2. The molecule has 1 N–H and O–H groups in total. The van der Waals surface area contributed by atoms with E-state index in [0.29, 0.717) is 23.6 Å². The lowest BCUT2D eigenvalue weighted by atomic mass is 10.00. The lowest BCUT2D eigenvalue weighted by molar-refractivity contribution is 0.657. The molecule has 2 heteroatoms. The summed E-state index contributed by atoms with van der Waals surface area (Å²) in [5, 5.41) is 10.1. The van der Waals surface area contributed by atoms with Crippen molar-refractivity contribution in [2.75, 3.05) is 0 Å². The Labute approximate surface area is 135 Å². The molecule has 0 radical (unpaired) electrons. The van der Waals surface area contributed by atoms with Crippen LogP contribution < -0.4 is 0 Å². The highest BCUT2D eigenvalue weighted by Crippen LogP contribution is 2.34. The third kappa shape index (κ3) is 2.37. The van der Waals surface area contributed by atoms with Crippen molar-refractivity contribution >= 4 is 27.7 Å². The van der Waals surface area contributed by atoms with Crippen molar-refractivity contribution in [2.45, 2.75) is 19.8 Å². The standard InChI is InChI=1S/C20H19NO/c1-4-5-9-18(21)14-10-11-16-17-8-6-7-15(13(2)3)20(17)22-19(16)12-14/h4-13,21H,1H2,2-3H3/b9-5-,21-18?/i1D,4D,5D,9D/b4-1?,9-5-,21-18?. The van der Waals surface area contributed by atoms with Crippen LogP contribution in [0.5, 0.6) is 0 Å². The summed E-state index contributed by atoms with van der Waals surface area (Å²) >= 11 is 0. The van der Waals surface area contributed by atoms with E-state index in [0.717, 1.165) is 21.9 Å². The fraction of sp³-hybridized carbons (Fsp3) is 0.150. The molecule has 1 aromatic heterocycles. The van der Waals surface area contributed by atoms with Gasteiger partial charge in [-0.3, -0.25) is 0 Å². The smallest absolute Gasteiger partial charge is 0.138 e. The van der Waals surface area contributed by atoms with Crippen LogP contribution in [0.25, 0.3) is 21.9 Å². The van der Waals surface area contributed by atoms with Gasteiger partial charge in [0.15, 0.2) is 0 Å². The van der Waals surface area contributed by atoms with Gasteiger partial charge in [0.1, 0.15) is 11.2 Å². The molecule has 0 atom stereocenters. The first-order chi connectivity index (χ1) is 12.3. The zero-order valence-corrected chi connectivity index (χ0v) is 12.5. The molecular weight excluding hydrogens is 270 g/mol. The Bertz CT molecular complexity index is 1080. The van der Waals surface area contributed by atoms with Crippen molar-refractivity contribution in [3.8, 4) is 0 Å². The third-order valence-corrected chi connectivity index (χ3v) is 3.70. The molecule has 1 heterocycles. The molecule has 0 aliphatic rings. The van der Waals surface area contributed by atoms with E-state index in [4.69, 9.17) is 15.3 Å². The van der Waals surface area contributed by atoms with Gasteiger partial charge in [-0.15, -0.1) is 0 Å². The van der Waals surface area contributed by atoms with Crippen molar-refractivity contribution in [1.29, 1.82) is 5.41 Å². The van der Waals surface area contributed by atoms with Gasteiger partial charge in [-0.2, -0.15) is 0 Å². The minimum Gasteiger partial charge on any atom is -0.456 e. The van der Waals surface area contributed by atoms with Gasteiger partial charge >= 0.3 is 0 Å². The number of furan rings is 1. The number of hydrogen-bond acceptors (Lipinski definition) is 2. The average molecular weight is 293 g/mol. The Morgan fingerprint density at radius 1 is 1.32 bits per heavy atom. The molecule has 0 aliphatic carbocycles. The molecule has 0 aliphatic heterocycles. The fourth-order valence-electron chi connectivity index (χ4n) is 2.60. The van der Waals surface area contributed by atoms with Crippen LogP contribution in [0.2, 0.25) is 0 Å². The molecule has 0 saturated carbocycles. The van der Waals surface area contributed by atoms with Crippen LogP contribution in [-0.2, 0) is 0 Å². The van der Waals surface area contributed by atoms with Gasteiger partial charge in [-0.25, -0.2) is 0 Å². The monoisotopic (exact) mass is 293 g/mol. The molecule has 0 saturated heterocycles. The Balaban J connectivity index is 2.14. The minimum absolute atomic E-state index is 0.173. The predicted molar refractivity (Wildman–Crippen MR) is 94.0 cm³/mol. The van der Waals surface area contributed by atoms with E-state index in [1.54, 1.807) is 12.1 Å². The van der Waals surface area contributed by atoms with Crippen LogP contribution in [0.3, 0.4) is 0 Å². The molecule has 0 fully saturated rings. The quantitative estimate of drug-likeness (QED) is 0.477. The van der Waals surface area contributed by atoms with E-state index in [1.807, 2.05) is 24.3 Å². The normalized spacial score (nSPS) is 16.2. The first-order valence-electron chi connectivity index (χ1n) is 9.20. The van der Waals surface area contributed by atoms with E-state index in [2.05, 4.69) is 13.8 Å². The van der Waals surface area contributed by atoms with Crippen LogP contribution >= 0.6 is 0 Å². The van der Waals surface area contributed by atoms with Gasteiger partial charge in [0.2, 0.25) is 0 Å². The summed E-state index contributed by atoms with van der Waals surface area (Å²) in [6, 6.07) is 10.1. The molecule has 0 amide bonds. The van der Waals surface area contributed by atoms with E-state index < -0.39 is 18.2 Å². The van der Waals surface area contributed by atoms with Crippen molar-refractivity contribution < 1.29 is 9.90 Å². The first kappa shape index (κ1) is 10.2. The van der Waals surface area contributed by atoms with E-state index in [9.17, 15) is 0 Å². The van der Waals surface area contributed by atoms with Crippen LogP contribution in [0.1, 0.15) is 36.4 Å². The van der Waals surface area contributed by atoms with Crippen molar-refractivity contribution in [2.24, 2.45) is 0 Å². The van der Waals surface area contributed by atoms with Gasteiger partial charge in [-0.05, 0) is 29.7 Å². The maximum Gasteiger partial charge on any atom is 0.138 e. The second-order valence-electron chi connectivity index (χ2n) is 5.46. The van der Waals surface area contributed by atoms with Gasteiger partial charge in [-0.1, -0.05) is 56.8 Å². The summed E-state index contributed by atoms with van der Waals surface area (Å²) in [6.07, 6.45) is 0. The summed E-state index contributed by atoms with van der Waals surface area (Å²) in [6.45, 7) is 4.91. The van der Waals surface area contributed by atoms with Crippen LogP contribution in [-0.4, -0.2) is 5.71 Å². The molecular formula is C20H19NO. The predicted octanol–water partition coefficient (Wildman–Crippen LogP) is 5.82. The average Bonchev–Trinajstić information content (AvgIpc) is 3.02. The van der Waals surface area contributed by atoms with Crippen molar-refractivity contribution in [3.63, 3.8) is 0 Å². The highest BCUT2D eigenvalue weighted by molar-refractivity contribution is 6.11. The molecule has 0 bridgehead atoms. The summed E-state index contributed by atoms with van der Waals surface area (Å²) < 4.78 is 36.2. The third-order valence-electron chi connectivity index (χ3n) is 3.70. The second kappa shape index (κ2) is 5.64. The van der Waals surface area contributed by atoms with E-state index in [-0.39, 0.29) is 5.71 Å². The largest absolute Gasteiger partial charge is 0.456 e. The molecule has 0 unspecified atom stereocenters. The van der Waals surface area contributed by atoms with Crippen LogP contribution in [0.4, 0.5) is 0 Å². The van der Waals surface area contributed by atoms with Crippen molar-refractivity contribution in [3.05, 3.63) is 72.2 Å².